The normalized spacial score (nSPS) is 11.4. The van der Waals surface area contributed by atoms with E-state index in [-0.39, 0.29) is 22.6 Å². The standard InChI is InChI=1S/C14H18N4O3/c1-14(2,3)7-5-8(12(19)9(6-7)21-4)10-11(13(15)20)17-18-16-10/h5-6,19H,1-4H3,(H2,15,20)(H,16,17,18). The number of H-pyrrole nitrogens is 1. The number of aromatic hydroxyl groups is 1. The number of aromatic amines is 1. The minimum absolute atomic E-state index is 0.0292. The molecule has 0 unspecified atom stereocenters. The molecule has 0 spiro atoms. The van der Waals surface area contributed by atoms with E-state index in [1.165, 1.54) is 7.11 Å². The molecule has 0 bridgehead atoms. The summed E-state index contributed by atoms with van der Waals surface area (Å²) < 4.78 is 5.20. The summed E-state index contributed by atoms with van der Waals surface area (Å²) in [6, 6.07) is 3.50. The molecule has 0 atom stereocenters. The summed E-state index contributed by atoms with van der Waals surface area (Å²) in [7, 11) is 1.46. The molecule has 0 saturated carbocycles. The number of nitrogens with one attached hydrogen (secondary N) is 1. The molecule has 2 aromatic rings. The maximum Gasteiger partial charge on any atom is 0.271 e. The minimum atomic E-state index is -0.724. The average Bonchev–Trinajstić information content (AvgIpc) is 2.86. The van der Waals surface area contributed by atoms with Crippen molar-refractivity contribution in [2.75, 3.05) is 7.11 Å². The van der Waals surface area contributed by atoms with Crippen LogP contribution < -0.4 is 10.5 Å². The Morgan fingerprint density at radius 2 is 2.00 bits per heavy atom. The van der Waals surface area contributed by atoms with E-state index < -0.39 is 5.91 Å². The summed E-state index contributed by atoms with van der Waals surface area (Å²) in [6.45, 7) is 6.08. The number of primary amides is 1. The van der Waals surface area contributed by atoms with E-state index in [9.17, 15) is 9.90 Å². The number of aromatic nitrogens is 3. The molecule has 0 aliphatic heterocycles. The van der Waals surface area contributed by atoms with Crippen LogP contribution in [0.2, 0.25) is 0 Å². The van der Waals surface area contributed by atoms with Gasteiger partial charge in [-0.25, -0.2) is 0 Å². The average molecular weight is 290 g/mol. The summed E-state index contributed by atoms with van der Waals surface area (Å²) in [6.07, 6.45) is 0. The van der Waals surface area contributed by atoms with Gasteiger partial charge in [0.15, 0.2) is 17.2 Å². The van der Waals surface area contributed by atoms with Crippen LogP contribution in [0, 0.1) is 0 Å². The molecule has 1 aromatic carbocycles. The number of phenols is 1. The molecular weight excluding hydrogens is 272 g/mol. The third-order valence-electron chi connectivity index (χ3n) is 3.20. The second-order valence-electron chi connectivity index (χ2n) is 5.71. The van der Waals surface area contributed by atoms with Crippen LogP contribution >= 0.6 is 0 Å². The zero-order valence-electron chi connectivity index (χ0n) is 12.4. The van der Waals surface area contributed by atoms with Gasteiger partial charge in [-0.2, -0.15) is 15.4 Å². The first kappa shape index (κ1) is 14.8. The second-order valence-corrected chi connectivity index (χ2v) is 5.71. The molecule has 2 rings (SSSR count). The lowest BCUT2D eigenvalue weighted by atomic mass is 9.85. The van der Waals surface area contributed by atoms with E-state index >= 15 is 0 Å². The van der Waals surface area contributed by atoms with Crippen molar-refractivity contribution in [1.82, 2.24) is 15.4 Å². The van der Waals surface area contributed by atoms with Crippen LogP contribution in [0.4, 0.5) is 0 Å². The summed E-state index contributed by atoms with van der Waals surface area (Å²) in [4.78, 5) is 11.4. The Labute approximate surface area is 122 Å². The number of carbonyl (C=O) groups excluding carboxylic acids is 1. The third-order valence-corrected chi connectivity index (χ3v) is 3.20. The molecule has 0 aliphatic rings. The molecule has 0 fully saturated rings. The largest absolute Gasteiger partial charge is 0.504 e. The van der Waals surface area contributed by atoms with E-state index in [1.807, 2.05) is 20.8 Å². The molecular formula is C14H18N4O3. The zero-order chi connectivity index (χ0) is 15.8. The van der Waals surface area contributed by atoms with E-state index in [2.05, 4.69) is 15.4 Å². The molecule has 1 aromatic heterocycles. The van der Waals surface area contributed by atoms with Gasteiger partial charge in [-0.3, -0.25) is 4.79 Å². The number of nitrogens with two attached hydrogens (primary N) is 1. The zero-order valence-corrected chi connectivity index (χ0v) is 12.4. The molecule has 0 saturated heterocycles. The first-order valence-corrected chi connectivity index (χ1v) is 6.38. The van der Waals surface area contributed by atoms with Crippen molar-refractivity contribution in [2.24, 2.45) is 5.73 Å². The molecule has 7 nitrogen and oxygen atoms in total. The Morgan fingerprint density at radius 1 is 1.33 bits per heavy atom. The molecule has 1 heterocycles. The first-order valence-electron chi connectivity index (χ1n) is 6.38. The van der Waals surface area contributed by atoms with Gasteiger partial charge in [0.05, 0.1) is 12.7 Å². The molecule has 0 aliphatic carbocycles. The fraction of sp³-hybridized carbons (Fsp3) is 0.357. The Hall–Kier alpha value is -2.57. The van der Waals surface area contributed by atoms with Gasteiger partial charge in [-0.05, 0) is 23.1 Å². The van der Waals surface area contributed by atoms with Gasteiger partial charge in [0, 0.05) is 0 Å². The summed E-state index contributed by atoms with van der Waals surface area (Å²) >= 11 is 0. The van der Waals surface area contributed by atoms with E-state index in [0.717, 1.165) is 5.56 Å². The number of hydrogen-bond donors (Lipinski definition) is 3. The molecule has 4 N–H and O–H groups in total. The SMILES string of the molecule is COc1cc(C(C)(C)C)cc(-c2n[nH]nc2C(N)=O)c1O. The number of nitrogens with zero attached hydrogens (tertiary/aromatic N) is 2. The smallest absolute Gasteiger partial charge is 0.271 e. The van der Waals surface area contributed by atoms with Crippen molar-refractivity contribution in [2.45, 2.75) is 26.2 Å². The Morgan fingerprint density at radius 3 is 2.52 bits per heavy atom. The van der Waals surface area contributed by atoms with Gasteiger partial charge < -0.3 is 15.6 Å². The number of rotatable bonds is 3. The molecule has 7 heteroatoms. The monoisotopic (exact) mass is 290 g/mol. The minimum Gasteiger partial charge on any atom is -0.504 e. The van der Waals surface area contributed by atoms with Crippen LogP contribution in [0.1, 0.15) is 36.8 Å². The number of hydrogen-bond acceptors (Lipinski definition) is 5. The lowest BCUT2D eigenvalue weighted by Gasteiger charge is -2.21. The molecule has 21 heavy (non-hydrogen) atoms. The van der Waals surface area contributed by atoms with Crippen molar-refractivity contribution < 1.29 is 14.6 Å². The van der Waals surface area contributed by atoms with Gasteiger partial charge in [0.25, 0.3) is 5.91 Å². The van der Waals surface area contributed by atoms with Crippen LogP contribution in [-0.4, -0.2) is 33.5 Å². The maximum atomic E-state index is 11.4. The predicted octanol–water partition coefficient (Wildman–Crippen LogP) is 1.58. The highest BCUT2D eigenvalue weighted by Crippen LogP contribution is 2.41. The molecule has 0 radical (unpaired) electrons. The number of amides is 1. The predicted molar refractivity (Wildman–Crippen MR) is 77.3 cm³/mol. The van der Waals surface area contributed by atoms with Crippen molar-refractivity contribution in [1.29, 1.82) is 0 Å². The van der Waals surface area contributed by atoms with Gasteiger partial charge in [-0.15, -0.1) is 0 Å². The van der Waals surface area contributed by atoms with Crippen LogP contribution in [0.15, 0.2) is 12.1 Å². The molecule has 112 valence electrons. The lowest BCUT2D eigenvalue weighted by Crippen LogP contribution is -2.14. The van der Waals surface area contributed by atoms with Gasteiger partial charge in [0.1, 0.15) is 5.69 Å². The highest BCUT2D eigenvalue weighted by atomic mass is 16.5. The van der Waals surface area contributed by atoms with Crippen LogP contribution in [0.5, 0.6) is 11.5 Å². The van der Waals surface area contributed by atoms with Crippen molar-refractivity contribution in [3.8, 4) is 22.8 Å². The van der Waals surface area contributed by atoms with E-state index in [4.69, 9.17) is 10.5 Å². The number of methoxy groups -OCH3 is 1. The maximum absolute atomic E-state index is 11.4. The van der Waals surface area contributed by atoms with Gasteiger partial charge in [0.2, 0.25) is 0 Å². The summed E-state index contributed by atoms with van der Waals surface area (Å²) in [5.41, 5.74) is 6.53. The van der Waals surface area contributed by atoms with E-state index in [0.29, 0.717) is 11.3 Å². The van der Waals surface area contributed by atoms with Crippen molar-refractivity contribution in [3.05, 3.63) is 23.4 Å². The Bertz CT molecular complexity index is 686. The van der Waals surface area contributed by atoms with E-state index in [1.54, 1.807) is 12.1 Å². The fourth-order valence-corrected chi connectivity index (χ4v) is 1.97. The van der Waals surface area contributed by atoms with Crippen LogP contribution in [0.25, 0.3) is 11.3 Å². The third kappa shape index (κ3) is 2.67. The van der Waals surface area contributed by atoms with Crippen LogP contribution in [0.3, 0.4) is 0 Å². The molecule has 1 amide bonds. The Balaban J connectivity index is 2.73. The number of carbonyl (C=O) groups is 1. The van der Waals surface area contributed by atoms with Crippen molar-refractivity contribution in [3.63, 3.8) is 0 Å². The number of ether oxygens (including phenoxy) is 1. The van der Waals surface area contributed by atoms with Gasteiger partial charge >= 0.3 is 0 Å². The topological polar surface area (TPSA) is 114 Å². The summed E-state index contributed by atoms with van der Waals surface area (Å²) in [5.74, 6) is -0.531. The Kier molecular flexibility index (Phi) is 3.59. The lowest BCUT2D eigenvalue weighted by molar-refractivity contribution is 0.0996. The highest BCUT2D eigenvalue weighted by Gasteiger charge is 2.24. The summed E-state index contributed by atoms with van der Waals surface area (Å²) in [5, 5.41) is 20.3. The second kappa shape index (κ2) is 5.08. The number of phenolic OH excluding ortho intramolecular Hbond substituents is 1. The highest BCUT2D eigenvalue weighted by molar-refractivity contribution is 5.97. The fourth-order valence-electron chi connectivity index (χ4n) is 1.97. The first-order chi connectivity index (χ1) is 9.75. The van der Waals surface area contributed by atoms with Gasteiger partial charge in [-0.1, -0.05) is 20.8 Å². The van der Waals surface area contributed by atoms with Crippen LogP contribution in [-0.2, 0) is 5.41 Å². The number of benzene rings is 1. The van der Waals surface area contributed by atoms with Crippen molar-refractivity contribution >= 4 is 5.91 Å². The quantitative estimate of drug-likeness (QED) is 0.794.